The normalized spacial score (nSPS) is 13.3. The van der Waals surface area contributed by atoms with Crippen molar-refractivity contribution >= 4 is 63.4 Å². The summed E-state index contributed by atoms with van der Waals surface area (Å²) >= 11 is 2.36. The molecule has 1 unspecified atom stereocenters. The fraction of sp³-hybridized carbons (Fsp3) is 0.190. The molecule has 1 atom stereocenters. The van der Waals surface area contributed by atoms with Gasteiger partial charge in [-0.2, -0.15) is 0 Å². The van der Waals surface area contributed by atoms with Gasteiger partial charge >= 0.3 is 5.97 Å². The van der Waals surface area contributed by atoms with E-state index >= 15 is 0 Å². The lowest BCUT2D eigenvalue weighted by Gasteiger charge is -2.36. The summed E-state index contributed by atoms with van der Waals surface area (Å²) in [5.41, 5.74) is 8.04. The smallest absolute Gasteiger partial charge is 0.358 e. The molecule has 0 saturated carbocycles. The lowest BCUT2D eigenvalue weighted by atomic mass is 9.77. The number of rotatable bonds is 21. The molecule has 7 aromatic carbocycles. The molecule has 0 spiro atoms. The van der Waals surface area contributed by atoms with Gasteiger partial charge in [0.1, 0.15) is 29.5 Å². The van der Waals surface area contributed by atoms with E-state index < -0.39 is 16.8 Å². The molecule has 0 radical (unpaired) electrons. The molecule has 81 heavy (non-hydrogen) atoms. The van der Waals surface area contributed by atoms with Crippen LogP contribution in [0.25, 0.3) is 33.5 Å². The molecule has 406 valence electrons. The minimum atomic E-state index is -1.02. The molecule has 16 nitrogen and oxygen atoms in total. The highest BCUT2D eigenvalue weighted by molar-refractivity contribution is 8.15. The number of hydrogen-bond donors (Lipinski definition) is 2. The number of amides is 3. The number of fused-ring (bicyclic) bond motifs is 1. The van der Waals surface area contributed by atoms with Crippen LogP contribution in [-0.4, -0.2) is 79.9 Å². The van der Waals surface area contributed by atoms with E-state index in [-0.39, 0.29) is 54.1 Å². The first-order valence-corrected chi connectivity index (χ1v) is 28.5. The fourth-order valence-electron chi connectivity index (χ4n) is 10.4. The third-order valence-corrected chi connectivity index (χ3v) is 16.1. The van der Waals surface area contributed by atoms with Crippen LogP contribution in [0.5, 0.6) is 5.75 Å². The number of imide groups is 1. The number of hydrogen-bond acceptors (Lipinski definition) is 13. The number of aryl methyl sites for hydroxylation is 2. The first kappa shape index (κ1) is 53.9. The van der Waals surface area contributed by atoms with E-state index in [2.05, 4.69) is 76.5 Å². The molecule has 10 aromatic rings. The van der Waals surface area contributed by atoms with Crippen molar-refractivity contribution in [3.63, 3.8) is 0 Å². The fourth-order valence-corrected chi connectivity index (χ4v) is 11.9. The number of imidazole rings is 2. The number of nitrogens with one attached hydrogen (secondary N) is 2. The van der Waals surface area contributed by atoms with Crippen molar-refractivity contribution in [3.8, 4) is 28.3 Å². The molecule has 0 bridgehead atoms. The largest absolute Gasteiger partial charge is 0.486 e. The molecular weight excluding hydrogens is 1060 g/mol. The summed E-state index contributed by atoms with van der Waals surface area (Å²) in [6.45, 7) is 4.33. The van der Waals surface area contributed by atoms with Crippen LogP contribution in [0.4, 0.5) is 10.6 Å². The monoisotopic (exact) mass is 1110 g/mol. The molecule has 3 aromatic heterocycles. The van der Waals surface area contributed by atoms with E-state index in [1.807, 2.05) is 149 Å². The Hall–Kier alpha value is -9.13. The second-order valence-electron chi connectivity index (χ2n) is 19.3. The van der Waals surface area contributed by atoms with Gasteiger partial charge in [0.15, 0.2) is 17.3 Å². The average molecular weight is 1110 g/mol. The summed E-state index contributed by atoms with van der Waals surface area (Å²) in [5.74, 6) is 1.42. The second kappa shape index (κ2) is 24.1. The van der Waals surface area contributed by atoms with Crippen LogP contribution in [0.1, 0.15) is 70.2 Å². The summed E-state index contributed by atoms with van der Waals surface area (Å²) < 4.78 is 17.5. The predicted molar refractivity (Wildman–Crippen MR) is 314 cm³/mol. The van der Waals surface area contributed by atoms with E-state index in [0.29, 0.717) is 36.1 Å². The molecule has 4 heterocycles. The minimum absolute atomic E-state index is 0.0312. The molecule has 1 fully saturated rings. The number of ether oxygens (including phenoxy) is 2. The number of carbonyl (C=O) groups excluding carboxylic acids is 4. The van der Waals surface area contributed by atoms with E-state index in [9.17, 15) is 19.2 Å². The van der Waals surface area contributed by atoms with Crippen LogP contribution in [0.2, 0.25) is 0 Å². The Labute approximate surface area is 476 Å². The van der Waals surface area contributed by atoms with E-state index in [1.54, 1.807) is 6.92 Å². The van der Waals surface area contributed by atoms with Crippen molar-refractivity contribution in [2.24, 2.45) is 7.05 Å². The maximum atomic E-state index is 14.2. The zero-order chi connectivity index (χ0) is 55.9. The first-order valence-electron chi connectivity index (χ1n) is 26.6. The number of nitrogens with zero attached hydrogens (tertiary/aromatic N) is 8. The summed E-state index contributed by atoms with van der Waals surface area (Å²) in [4.78, 5) is 62.4. The molecule has 2 N–H and O–H groups in total. The van der Waals surface area contributed by atoms with Gasteiger partial charge in [-0.1, -0.05) is 164 Å². The molecular formula is C63H56N10O6S2. The Morgan fingerprint density at radius 3 is 2.02 bits per heavy atom. The van der Waals surface area contributed by atoms with Crippen LogP contribution < -0.4 is 15.4 Å². The van der Waals surface area contributed by atoms with Crippen LogP contribution in [0.15, 0.2) is 187 Å². The second-order valence-corrected chi connectivity index (χ2v) is 21.6. The van der Waals surface area contributed by atoms with Crippen molar-refractivity contribution in [2.75, 3.05) is 17.7 Å². The Bertz CT molecular complexity index is 3790. The van der Waals surface area contributed by atoms with Crippen molar-refractivity contribution in [1.82, 2.24) is 44.6 Å². The Balaban J connectivity index is 0.870. The van der Waals surface area contributed by atoms with Gasteiger partial charge in [0.05, 0.1) is 28.6 Å². The number of thioether (sulfide) groups is 2. The molecule has 18 heteroatoms. The van der Waals surface area contributed by atoms with Gasteiger partial charge in [-0.05, 0) is 106 Å². The molecule has 0 aliphatic carbocycles. The highest BCUT2D eigenvalue weighted by Crippen LogP contribution is 2.44. The standard InChI is InChI=1S/C63H56N10O6S2/c1-4-18-54-65-58(66-56(74)40-80-48-32-34-51-52(37-48)71(3)55(64-51)39-79-47-30-27-41(28-31-47)36-53-60(75)67-62(77)81-53)57(61(76)78-5-2)72(54)38-42-29-33-49(43-19-10-6-11-20-43)50(35-42)59-68-69-70-73(59)63(44-21-12-7-13-22-44,45-23-14-8-15-24-45)46-25-16-9-17-26-46/h6-17,19-35,37,53H,4-5,18,36,38-40H2,1-3H3,(H,66,74)(H,67,75,77). The van der Waals surface area contributed by atoms with E-state index in [1.165, 1.54) is 11.8 Å². The number of carbonyl (C=O) groups is 4. The lowest BCUT2D eigenvalue weighted by Crippen LogP contribution is -2.39. The Morgan fingerprint density at radius 2 is 1.40 bits per heavy atom. The summed E-state index contributed by atoms with van der Waals surface area (Å²) in [7, 11) is 1.92. The van der Waals surface area contributed by atoms with E-state index in [4.69, 9.17) is 29.8 Å². The lowest BCUT2D eigenvalue weighted by molar-refractivity contribution is -0.119. The van der Waals surface area contributed by atoms with Gasteiger partial charge < -0.3 is 23.9 Å². The first-order chi connectivity index (χ1) is 39.6. The maximum absolute atomic E-state index is 14.2. The van der Waals surface area contributed by atoms with Crippen molar-refractivity contribution in [1.29, 1.82) is 0 Å². The highest BCUT2D eigenvalue weighted by Gasteiger charge is 2.42. The molecule has 3 amide bonds. The molecule has 1 aliphatic rings. The van der Waals surface area contributed by atoms with Crippen molar-refractivity contribution in [2.45, 2.75) is 61.9 Å². The minimum Gasteiger partial charge on any atom is -0.486 e. The number of esters is 1. The number of tetrazole rings is 1. The Morgan fingerprint density at radius 1 is 0.741 bits per heavy atom. The topological polar surface area (TPSA) is 190 Å². The molecule has 11 rings (SSSR count). The van der Waals surface area contributed by atoms with Crippen molar-refractivity contribution < 1.29 is 28.7 Å². The van der Waals surface area contributed by atoms with Crippen LogP contribution >= 0.6 is 23.5 Å². The quantitative estimate of drug-likeness (QED) is 0.0393. The van der Waals surface area contributed by atoms with Crippen LogP contribution in [0, 0.1) is 0 Å². The zero-order valence-electron chi connectivity index (χ0n) is 44.7. The Kier molecular flexibility index (Phi) is 16.0. The number of benzene rings is 7. The van der Waals surface area contributed by atoms with Crippen LogP contribution in [-0.2, 0) is 52.9 Å². The van der Waals surface area contributed by atoms with Gasteiger partial charge in [0.25, 0.3) is 5.24 Å². The summed E-state index contributed by atoms with van der Waals surface area (Å²) in [6.07, 6.45) is 1.68. The number of aromatic nitrogens is 8. The van der Waals surface area contributed by atoms with Crippen LogP contribution in [0.3, 0.4) is 0 Å². The zero-order valence-corrected chi connectivity index (χ0v) is 46.3. The number of anilines is 1. The average Bonchev–Trinajstić information content (AvgIpc) is 4.47. The third-order valence-electron chi connectivity index (χ3n) is 14.2. The third kappa shape index (κ3) is 11.2. The highest BCUT2D eigenvalue weighted by atomic mass is 32.2. The summed E-state index contributed by atoms with van der Waals surface area (Å²) in [5, 5.41) is 18.7. The van der Waals surface area contributed by atoms with Gasteiger partial charge in [-0.25, -0.2) is 19.4 Å². The summed E-state index contributed by atoms with van der Waals surface area (Å²) in [6, 6.07) is 60.4. The van der Waals surface area contributed by atoms with Crippen molar-refractivity contribution in [3.05, 3.63) is 227 Å². The van der Waals surface area contributed by atoms with Gasteiger partial charge in [-0.3, -0.25) is 19.7 Å². The predicted octanol–water partition coefficient (Wildman–Crippen LogP) is 11.3. The molecule has 1 saturated heterocycles. The van der Waals surface area contributed by atoms with Gasteiger partial charge in [-0.15, -0.1) is 16.9 Å². The molecule has 1 aliphatic heterocycles. The van der Waals surface area contributed by atoms with Gasteiger partial charge in [0, 0.05) is 30.5 Å². The van der Waals surface area contributed by atoms with Gasteiger partial charge in [0.2, 0.25) is 11.8 Å². The SMILES string of the molecule is CCCc1nc(NC(=O)CSc2ccc3nc(COc4ccc(CC5SC(=O)NC5=O)cc4)n(C)c3c2)c(C(=O)OCC)n1Cc1ccc(-c2ccccc2)c(-c2nnnn2C(c2ccccc2)(c2ccccc2)c2ccccc2)c1. The maximum Gasteiger partial charge on any atom is 0.358 e. The van der Waals surface area contributed by atoms with E-state index in [0.717, 1.165) is 78.6 Å².